The molecule has 0 saturated heterocycles. The summed E-state index contributed by atoms with van der Waals surface area (Å²) < 4.78 is 2.77. The Hall–Kier alpha value is -2.21. The first-order chi connectivity index (χ1) is 10.5. The average Bonchev–Trinajstić information content (AvgIpc) is 3.01. The molecule has 0 aliphatic heterocycles. The van der Waals surface area contributed by atoms with Crippen LogP contribution in [0, 0.1) is 6.92 Å². The van der Waals surface area contributed by atoms with Crippen LogP contribution < -0.4 is 5.32 Å². The molecule has 5 nitrogen and oxygen atoms in total. The molecule has 1 N–H and O–H groups in total. The molecule has 2 heterocycles. The fourth-order valence-corrected chi connectivity index (χ4v) is 3.22. The van der Waals surface area contributed by atoms with Crippen LogP contribution in [0.25, 0.3) is 10.2 Å². The highest BCUT2D eigenvalue weighted by Crippen LogP contribution is 2.31. The minimum Gasteiger partial charge on any atom is -0.296 e. The Labute approximate surface area is 133 Å². The summed E-state index contributed by atoms with van der Waals surface area (Å²) in [6, 6.07) is 7.91. The molecule has 0 bridgehead atoms. The lowest BCUT2D eigenvalue weighted by molar-refractivity contribution is 0.102. The molecule has 3 rings (SSSR count). The summed E-state index contributed by atoms with van der Waals surface area (Å²) in [5.41, 5.74) is 3.51. The summed E-state index contributed by atoms with van der Waals surface area (Å²) in [4.78, 5) is 16.8. The Morgan fingerprint density at radius 3 is 2.77 bits per heavy atom. The van der Waals surface area contributed by atoms with Gasteiger partial charge in [0.1, 0.15) is 0 Å². The molecule has 22 heavy (non-hydrogen) atoms. The van der Waals surface area contributed by atoms with Gasteiger partial charge in [0.25, 0.3) is 5.91 Å². The van der Waals surface area contributed by atoms with Crippen molar-refractivity contribution in [1.82, 2.24) is 14.8 Å². The van der Waals surface area contributed by atoms with E-state index in [-0.39, 0.29) is 5.91 Å². The van der Waals surface area contributed by atoms with Crippen LogP contribution in [0.1, 0.15) is 41.5 Å². The molecular weight excluding hydrogens is 296 g/mol. The highest BCUT2D eigenvalue weighted by Gasteiger charge is 2.15. The predicted octanol–water partition coefficient (Wildman–Crippen LogP) is 3.71. The monoisotopic (exact) mass is 314 g/mol. The third kappa shape index (κ3) is 2.62. The van der Waals surface area contributed by atoms with Gasteiger partial charge in [-0.05, 0) is 30.5 Å². The van der Waals surface area contributed by atoms with E-state index in [1.54, 1.807) is 10.7 Å². The van der Waals surface area contributed by atoms with Crippen LogP contribution in [0.15, 0.2) is 24.3 Å². The number of hydrogen-bond acceptors (Lipinski definition) is 4. The van der Waals surface area contributed by atoms with Gasteiger partial charge in [-0.25, -0.2) is 4.98 Å². The number of amides is 1. The summed E-state index contributed by atoms with van der Waals surface area (Å²) in [6.07, 6.45) is 0. The van der Waals surface area contributed by atoms with E-state index >= 15 is 0 Å². The van der Waals surface area contributed by atoms with Gasteiger partial charge in [0, 0.05) is 12.7 Å². The zero-order valence-corrected chi connectivity index (χ0v) is 13.9. The Kier molecular flexibility index (Phi) is 3.70. The van der Waals surface area contributed by atoms with E-state index < -0.39 is 0 Å². The maximum atomic E-state index is 12.3. The molecule has 0 aliphatic rings. The number of thiazole rings is 1. The van der Waals surface area contributed by atoms with Crippen molar-refractivity contribution in [1.29, 1.82) is 0 Å². The Bertz CT molecular complexity index is 828. The van der Waals surface area contributed by atoms with E-state index in [1.165, 1.54) is 16.9 Å². The second-order valence-corrected chi connectivity index (χ2v) is 6.65. The molecule has 1 amide bonds. The molecule has 3 aromatic rings. The number of hydrogen-bond donors (Lipinski definition) is 1. The van der Waals surface area contributed by atoms with Gasteiger partial charge in [-0.15, -0.1) is 0 Å². The predicted molar refractivity (Wildman–Crippen MR) is 89.6 cm³/mol. The number of fused-ring (bicyclic) bond motifs is 1. The zero-order chi connectivity index (χ0) is 15.9. The molecule has 0 spiro atoms. The van der Waals surface area contributed by atoms with Crippen molar-refractivity contribution in [3.63, 3.8) is 0 Å². The molecule has 0 unspecified atom stereocenters. The van der Waals surface area contributed by atoms with Crippen LogP contribution in [0.5, 0.6) is 0 Å². The van der Waals surface area contributed by atoms with Crippen molar-refractivity contribution < 1.29 is 4.79 Å². The van der Waals surface area contributed by atoms with Crippen molar-refractivity contribution in [2.75, 3.05) is 5.32 Å². The molecule has 2 aromatic heterocycles. The number of carbonyl (C=O) groups excluding carboxylic acids is 1. The van der Waals surface area contributed by atoms with Crippen LogP contribution in [0.4, 0.5) is 5.13 Å². The lowest BCUT2D eigenvalue weighted by Crippen LogP contribution is -2.12. The second kappa shape index (κ2) is 5.53. The van der Waals surface area contributed by atoms with Gasteiger partial charge >= 0.3 is 0 Å². The first-order valence-corrected chi connectivity index (χ1v) is 7.99. The lowest BCUT2D eigenvalue weighted by atomic mass is 10.0. The number of rotatable bonds is 3. The van der Waals surface area contributed by atoms with Gasteiger partial charge in [0.2, 0.25) is 0 Å². The first-order valence-electron chi connectivity index (χ1n) is 7.17. The van der Waals surface area contributed by atoms with E-state index in [1.807, 2.05) is 26.1 Å². The zero-order valence-electron chi connectivity index (χ0n) is 13.0. The molecule has 0 aliphatic carbocycles. The number of carbonyl (C=O) groups is 1. The molecule has 0 atom stereocenters. The van der Waals surface area contributed by atoms with Gasteiger partial charge in [-0.1, -0.05) is 37.3 Å². The van der Waals surface area contributed by atoms with Crippen LogP contribution >= 0.6 is 11.3 Å². The van der Waals surface area contributed by atoms with E-state index in [0.29, 0.717) is 16.7 Å². The number of aromatic nitrogens is 3. The van der Waals surface area contributed by atoms with Crippen molar-refractivity contribution in [2.24, 2.45) is 7.05 Å². The van der Waals surface area contributed by atoms with Crippen LogP contribution in [-0.2, 0) is 7.05 Å². The fraction of sp³-hybridized carbons (Fsp3) is 0.312. The first kappa shape index (κ1) is 14.7. The Morgan fingerprint density at radius 1 is 1.36 bits per heavy atom. The highest BCUT2D eigenvalue weighted by atomic mass is 32.1. The molecule has 0 fully saturated rings. The third-order valence-electron chi connectivity index (χ3n) is 3.64. The van der Waals surface area contributed by atoms with Crippen molar-refractivity contribution in [3.8, 4) is 0 Å². The fourth-order valence-electron chi connectivity index (χ4n) is 2.32. The third-order valence-corrected chi connectivity index (χ3v) is 4.58. The van der Waals surface area contributed by atoms with Crippen molar-refractivity contribution in [3.05, 3.63) is 41.2 Å². The van der Waals surface area contributed by atoms with Crippen LogP contribution in [0.2, 0.25) is 0 Å². The SMILES string of the molecule is Cc1cc(C(=O)Nc2nc3c(C(C)C)cccc3s2)nn1C. The number of aryl methyl sites for hydroxylation is 2. The normalized spacial score (nSPS) is 11.3. The van der Waals surface area contributed by atoms with Gasteiger partial charge in [-0.3, -0.25) is 14.8 Å². The summed E-state index contributed by atoms with van der Waals surface area (Å²) in [5.74, 6) is 0.168. The van der Waals surface area contributed by atoms with Gasteiger partial charge in [0.05, 0.1) is 10.2 Å². The van der Waals surface area contributed by atoms with Gasteiger partial charge in [-0.2, -0.15) is 5.10 Å². The second-order valence-electron chi connectivity index (χ2n) is 5.62. The van der Waals surface area contributed by atoms with Crippen LogP contribution in [-0.4, -0.2) is 20.7 Å². The lowest BCUT2D eigenvalue weighted by Gasteiger charge is -2.04. The number of nitrogens with zero attached hydrogens (tertiary/aromatic N) is 3. The maximum absolute atomic E-state index is 12.3. The highest BCUT2D eigenvalue weighted by molar-refractivity contribution is 7.22. The number of anilines is 1. The van der Waals surface area contributed by atoms with E-state index in [2.05, 4.69) is 35.3 Å². The van der Waals surface area contributed by atoms with E-state index in [4.69, 9.17) is 0 Å². The number of benzene rings is 1. The molecule has 114 valence electrons. The average molecular weight is 314 g/mol. The van der Waals surface area contributed by atoms with Gasteiger partial charge in [0.15, 0.2) is 10.8 Å². The molecule has 1 aromatic carbocycles. The summed E-state index contributed by atoms with van der Waals surface area (Å²) in [7, 11) is 1.82. The largest absolute Gasteiger partial charge is 0.296 e. The standard InChI is InChI=1S/C16H18N4OS/c1-9(2)11-6-5-7-13-14(11)17-16(22-13)18-15(21)12-8-10(3)20(4)19-12/h5-9H,1-4H3,(H,17,18,21). The number of para-hydroxylation sites is 1. The topological polar surface area (TPSA) is 59.8 Å². The van der Waals surface area contributed by atoms with E-state index in [0.717, 1.165) is 15.9 Å². The molecule has 0 radical (unpaired) electrons. The minimum absolute atomic E-state index is 0.228. The number of nitrogens with one attached hydrogen (secondary N) is 1. The van der Waals surface area contributed by atoms with E-state index in [9.17, 15) is 4.79 Å². The Balaban J connectivity index is 1.91. The quantitative estimate of drug-likeness (QED) is 0.801. The van der Waals surface area contributed by atoms with Gasteiger partial charge < -0.3 is 0 Å². The molecule has 0 saturated carbocycles. The molecule has 6 heteroatoms. The van der Waals surface area contributed by atoms with Crippen LogP contribution in [0.3, 0.4) is 0 Å². The maximum Gasteiger partial charge on any atom is 0.277 e. The summed E-state index contributed by atoms with van der Waals surface area (Å²) in [5, 5.41) is 7.64. The van der Waals surface area contributed by atoms with Crippen molar-refractivity contribution >= 4 is 32.6 Å². The van der Waals surface area contributed by atoms with Crippen molar-refractivity contribution in [2.45, 2.75) is 26.7 Å². The Morgan fingerprint density at radius 2 is 2.14 bits per heavy atom. The summed E-state index contributed by atoms with van der Waals surface area (Å²) >= 11 is 1.49. The minimum atomic E-state index is -0.228. The smallest absolute Gasteiger partial charge is 0.277 e. The molecular formula is C16H18N4OS. The summed E-state index contributed by atoms with van der Waals surface area (Å²) in [6.45, 7) is 6.20.